The van der Waals surface area contributed by atoms with Crippen molar-refractivity contribution in [3.05, 3.63) is 82.8 Å². The number of sulfonamides is 1. The molecule has 0 unspecified atom stereocenters. The Balaban J connectivity index is 1.47. The first-order valence-corrected chi connectivity index (χ1v) is 12.5. The fourth-order valence-corrected chi connectivity index (χ4v) is 4.61. The van der Waals surface area contributed by atoms with E-state index in [2.05, 4.69) is 31.6 Å². The molecule has 33 heavy (non-hydrogen) atoms. The van der Waals surface area contributed by atoms with Gasteiger partial charge in [0, 0.05) is 22.0 Å². The van der Waals surface area contributed by atoms with Crippen molar-refractivity contribution in [2.45, 2.75) is 11.3 Å². The molecule has 3 N–H and O–H groups in total. The number of benzene rings is 3. The topological polar surface area (TPSA) is 115 Å². The predicted molar refractivity (Wildman–Crippen MR) is 131 cm³/mol. The van der Waals surface area contributed by atoms with Gasteiger partial charge in [-0.2, -0.15) is 4.52 Å². The molecule has 8 nitrogen and oxygen atoms in total. The minimum Gasteiger partial charge on any atom is -0.369 e. The SMILES string of the molecule is NS(=O)(=O)c1ccc(CCNc2nc3c(-c4cccc(Br)c4)nnn3c3ccccc23)cc1. The molecule has 0 bridgehead atoms. The third kappa shape index (κ3) is 4.32. The van der Waals surface area contributed by atoms with Crippen molar-refractivity contribution in [1.82, 2.24) is 19.8 Å². The van der Waals surface area contributed by atoms with Crippen LogP contribution in [0.4, 0.5) is 5.82 Å². The molecule has 0 atom stereocenters. The average Bonchev–Trinajstić information content (AvgIpc) is 3.23. The Bertz CT molecular complexity index is 1580. The highest BCUT2D eigenvalue weighted by molar-refractivity contribution is 9.10. The highest BCUT2D eigenvalue weighted by Gasteiger charge is 2.16. The smallest absolute Gasteiger partial charge is 0.238 e. The summed E-state index contributed by atoms with van der Waals surface area (Å²) in [5.74, 6) is 0.734. The van der Waals surface area contributed by atoms with Crippen LogP contribution in [-0.4, -0.2) is 34.8 Å². The minimum atomic E-state index is -3.70. The fourth-order valence-electron chi connectivity index (χ4n) is 3.69. The van der Waals surface area contributed by atoms with Gasteiger partial charge < -0.3 is 5.32 Å². The number of anilines is 1. The molecule has 0 radical (unpaired) electrons. The number of fused-ring (bicyclic) bond motifs is 3. The Hall–Kier alpha value is -3.34. The van der Waals surface area contributed by atoms with Crippen LogP contribution in [0.15, 0.2) is 82.2 Å². The molecule has 0 aliphatic carbocycles. The number of nitrogens with two attached hydrogens (primary N) is 1. The van der Waals surface area contributed by atoms with Crippen LogP contribution in [0, 0.1) is 0 Å². The molecule has 0 aliphatic heterocycles. The van der Waals surface area contributed by atoms with E-state index in [1.54, 1.807) is 16.6 Å². The molecule has 5 rings (SSSR count). The number of para-hydroxylation sites is 1. The first kappa shape index (κ1) is 21.5. The van der Waals surface area contributed by atoms with Crippen LogP contribution in [0.25, 0.3) is 27.8 Å². The second-order valence-electron chi connectivity index (χ2n) is 7.53. The molecule has 0 saturated heterocycles. The Morgan fingerprint density at radius 3 is 2.55 bits per heavy atom. The number of nitrogens with zero attached hydrogens (tertiary/aromatic N) is 4. The van der Waals surface area contributed by atoms with Crippen LogP contribution in [0.1, 0.15) is 5.56 Å². The Labute approximate surface area is 198 Å². The zero-order chi connectivity index (χ0) is 23.0. The van der Waals surface area contributed by atoms with Crippen LogP contribution in [0.2, 0.25) is 0 Å². The van der Waals surface area contributed by atoms with E-state index in [4.69, 9.17) is 10.1 Å². The van der Waals surface area contributed by atoms with Crippen molar-refractivity contribution in [3.63, 3.8) is 0 Å². The number of aromatic nitrogens is 4. The lowest BCUT2D eigenvalue weighted by Gasteiger charge is -2.11. The summed E-state index contributed by atoms with van der Waals surface area (Å²) in [5, 5.41) is 18.3. The van der Waals surface area contributed by atoms with E-state index < -0.39 is 10.0 Å². The van der Waals surface area contributed by atoms with E-state index >= 15 is 0 Å². The van der Waals surface area contributed by atoms with Crippen molar-refractivity contribution >= 4 is 48.3 Å². The number of nitrogens with one attached hydrogen (secondary N) is 1. The normalized spacial score (nSPS) is 11.8. The first-order chi connectivity index (χ1) is 15.9. The molecule has 2 heterocycles. The quantitative estimate of drug-likeness (QED) is 0.348. The van der Waals surface area contributed by atoms with E-state index in [9.17, 15) is 8.42 Å². The largest absolute Gasteiger partial charge is 0.369 e. The van der Waals surface area contributed by atoms with Crippen molar-refractivity contribution in [1.29, 1.82) is 0 Å². The van der Waals surface area contributed by atoms with Gasteiger partial charge in [-0.1, -0.05) is 57.5 Å². The zero-order valence-corrected chi connectivity index (χ0v) is 19.7. The molecule has 0 amide bonds. The van der Waals surface area contributed by atoms with E-state index in [-0.39, 0.29) is 4.90 Å². The number of hydrogen-bond acceptors (Lipinski definition) is 6. The third-order valence-electron chi connectivity index (χ3n) is 5.31. The van der Waals surface area contributed by atoms with E-state index in [0.29, 0.717) is 24.3 Å². The molecule has 0 aliphatic rings. The van der Waals surface area contributed by atoms with Gasteiger partial charge in [0.2, 0.25) is 10.0 Å². The molecule has 5 aromatic rings. The molecule has 0 spiro atoms. The molecule has 2 aromatic heterocycles. The predicted octanol–water partition coefficient (Wildman–Crippen LogP) is 4.01. The lowest BCUT2D eigenvalue weighted by Crippen LogP contribution is -2.12. The van der Waals surface area contributed by atoms with Crippen molar-refractivity contribution in [2.24, 2.45) is 5.14 Å². The molecule has 0 saturated carbocycles. The first-order valence-electron chi connectivity index (χ1n) is 10.2. The Kier molecular flexibility index (Phi) is 5.57. The molecule has 10 heteroatoms. The number of hydrogen-bond donors (Lipinski definition) is 2. The van der Waals surface area contributed by atoms with Gasteiger partial charge in [0.05, 0.1) is 10.4 Å². The summed E-state index contributed by atoms with van der Waals surface area (Å²) in [6, 6.07) is 22.3. The van der Waals surface area contributed by atoms with Gasteiger partial charge in [-0.05, 0) is 48.4 Å². The highest BCUT2D eigenvalue weighted by Crippen LogP contribution is 2.29. The zero-order valence-electron chi connectivity index (χ0n) is 17.3. The molecule has 0 fully saturated rings. The van der Waals surface area contributed by atoms with Gasteiger partial charge in [0.1, 0.15) is 11.5 Å². The maximum absolute atomic E-state index is 11.4. The Morgan fingerprint density at radius 1 is 1.00 bits per heavy atom. The summed E-state index contributed by atoms with van der Waals surface area (Å²) >= 11 is 3.51. The van der Waals surface area contributed by atoms with Crippen LogP contribution in [-0.2, 0) is 16.4 Å². The highest BCUT2D eigenvalue weighted by atomic mass is 79.9. The van der Waals surface area contributed by atoms with E-state index in [1.165, 1.54) is 12.1 Å². The molecule has 166 valence electrons. The fraction of sp³-hybridized carbons (Fsp3) is 0.0870. The van der Waals surface area contributed by atoms with Crippen molar-refractivity contribution in [2.75, 3.05) is 11.9 Å². The lowest BCUT2D eigenvalue weighted by molar-refractivity contribution is 0.598. The number of primary sulfonamides is 1. The lowest BCUT2D eigenvalue weighted by atomic mass is 10.1. The summed E-state index contributed by atoms with van der Waals surface area (Å²) < 4.78 is 25.6. The number of halogens is 1. The maximum Gasteiger partial charge on any atom is 0.238 e. The van der Waals surface area contributed by atoms with Gasteiger partial charge in [-0.25, -0.2) is 18.5 Å². The third-order valence-corrected chi connectivity index (χ3v) is 6.73. The van der Waals surface area contributed by atoms with E-state index in [0.717, 1.165) is 32.3 Å². The Morgan fingerprint density at radius 2 is 1.79 bits per heavy atom. The summed E-state index contributed by atoms with van der Waals surface area (Å²) in [6.07, 6.45) is 0.683. The summed E-state index contributed by atoms with van der Waals surface area (Å²) in [4.78, 5) is 4.97. The van der Waals surface area contributed by atoms with Gasteiger partial charge in [0.25, 0.3) is 0 Å². The maximum atomic E-state index is 11.4. The van der Waals surface area contributed by atoms with Crippen molar-refractivity contribution in [3.8, 4) is 11.3 Å². The van der Waals surface area contributed by atoms with Crippen LogP contribution in [0.5, 0.6) is 0 Å². The monoisotopic (exact) mass is 522 g/mol. The van der Waals surface area contributed by atoms with Crippen LogP contribution in [0.3, 0.4) is 0 Å². The van der Waals surface area contributed by atoms with Crippen LogP contribution >= 0.6 is 15.9 Å². The molecular weight excluding hydrogens is 504 g/mol. The molecule has 3 aromatic carbocycles. The van der Waals surface area contributed by atoms with Crippen molar-refractivity contribution < 1.29 is 8.42 Å². The van der Waals surface area contributed by atoms with Gasteiger partial charge in [-0.3, -0.25) is 0 Å². The van der Waals surface area contributed by atoms with E-state index in [1.807, 2.05) is 48.5 Å². The average molecular weight is 523 g/mol. The van der Waals surface area contributed by atoms with Gasteiger partial charge in [0.15, 0.2) is 5.65 Å². The number of rotatable bonds is 6. The summed E-state index contributed by atoms with van der Waals surface area (Å²) in [6.45, 7) is 0.607. The van der Waals surface area contributed by atoms with Crippen LogP contribution < -0.4 is 10.5 Å². The summed E-state index contributed by atoms with van der Waals surface area (Å²) in [5.41, 5.74) is 4.16. The summed E-state index contributed by atoms with van der Waals surface area (Å²) in [7, 11) is -3.70. The minimum absolute atomic E-state index is 0.102. The standard InChI is InChI=1S/C23H19BrN6O2S/c24-17-5-3-4-16(14-17)21-23-27-22(19-6-1-2-7-20(19)30(23)29-28-21)26-13-12-15-8-10-18(11-9-15)33(25,31)32/h1-11,14H,12-13H2,(H,26,27)(H2,25,31,32). The van der Waals surface area contributed by atoms with Gasteiger partial charge >= 0.3 is 0 Å². The second kappa shape index (κ2) is 8.54. The second-order valence-corrected chi connectivity index (χ2v) is 10.0. The van der Waals surface area contributed by atoms with Gasteiger partial charge in [-0.15, -0.1) is 5.10 Å². The molecular formula is C23H19BrN6O2S.